The van der Waals surface area contributed by atoms with Crippen molar-refractivity contribution >= 4 is 27.5 Å². The molecule has 2 aromatic carbocycles. The maximum Gasteiger partial charge on any atom is 0.255 e. The summed E-state index contributed by atoms with van der Waals surface area (Å²) in [6.45, 7) is 8.88. The van der Waals surface area contributed by atoms with Crippen molar-refractivity contribution in [3.05, 3.63) is 57.1 Å². The number of hydrogen-bond acceptors (Lipinski definition) is 2. The molecule has 0 fully saturated rings. The van der Waals surface area contributed by atoms with Crippen LogP contribution in [0.25, 0.3) is 0 Å². The molecule has 0 saturated heterocycles. The van der Waals surface area contributed by atoms with Crippen LogP contribution in [0.4, 0.5) is 5.69 Å². The molecule has 0 aromatic heterocycles. The number of rotatable bonds is 6. The molecular weight excluding hydrogens is 366 g/mol. The minimum Gasteiger partial charge on any atom is -0.492 e. The van der Waals surface area contributed by atoms with Gasteiger partial charge in [-0.2, -0.15) is 0 Å². The number of benzene rings is 2. The summed E-state index contributed by atoms with van der Waals surface area (Å²) in [5.74, 6) is 0.647. The van der Waals surface area contributed by atoms with Gasteiger partial charge < -0.3 is 10.1 Å². The SMILES string of the molecule is CCCCOc1ccc(C(=O)Nc2c(C)cc(C)cc2C)cc1Br. The number of aryl methyl sites for hydroxylation is 3. The molecule has 0 aliphatic rings. The Bertz CT molecular complexity index is 717. The van der Waals surface area contributed by atoms with Crippen LogP contribution < -0.4 is 10.1 Å². The zero-order valence-electron chi connectivity index (χ0n) is 14.7. The lowest BCUT2D eigenvalue weighted by atomic mass is 10.0. The average molecular weight is 390 g/mol. The van der Waals surface area contributed by atoms with Crippen LogP contribution in [-0.4, -0.2) is 12.5 Å². The second kappa shape index (κ2) is 8.34. The predicted octanol–water partition coefficient (Wildman–Crippen LogP) is 5.81. The Hall–Kier alpha value is -1.81. The van der Waals surface area contributed by atoms with Crippen molar-refractivity contribution in [2.24, 2.45) is 0 Å². The van der Waals surface area contributed by atoms with Crippen LogP contribution in [-0.2, 0) is 0 Å². The first kappa shape index (κ1) is 18.5. The van der Waals surface area contributed by atoms with Gasteiger partial charge in [-0.1, -0.05) is 31.0 Å². The molecule has 0 atom stereocenters. The van der Waals surface area contributed by atoms with E-state index in [1.165, 1.54) is 5.56 Å². The Balaban J connectivity index is 2.14. The highest BCUT2D eigenvalue weighted by Gasteiger charge is 2.12. The van der Waals surface area contributed by atoms with E-state index in [1.807, 2.05) is 19.9 Å². The molecule has 2 rings (SSSR count). The van der Waals surface area contributed by atoms with Gasteiger partial charge in [-0.3, -0.25) is 4.79 Å². The fourth-order valence-corrected chi connectivity index (χ4v) is 3.14. The molecule has 1 amide bonds. The van der Waals surface area contributed by atoms with E-state index >= 15 is 0 Å². The monoisotopic (exact) mass is 389 g/mol. The Morgan fingerprint density at radius 1 is 1.12 bits per heavy atom. The fraction of sp³-hybridized carbons (Fsp3) is 0.350. The Labute approximate surface area is 152 Å². The molecule has 2 aromatic rings. The highest BCUT2D eigenvalue weighted by Crippen LogP contribution is 2.27. The molecule has 3 nitrogen and oxygen atoms in total. The first-order valence-corrected chi connectivity index (χ1v) is 9.03. The van der Waals surface area contributed by atoms with E-state index in [-0.39, 0.29) is 5.91 Å². The minimum atomic E-state index is -0.120. The Morgan fingerprint density at radius 3 is 2.38 bits per heavy atom. The van der Waals surface area contributed by atoms with Crippen molar-refractivity contribution in [1.82, 2.24) is 0 Å². The molecule has 0 aliphatic heterocycles. The van der Waals surface area contributed by atoms with Crippen molar-refractivity contribution < 1.29 is 9.53 Å². The quantitative estimate of drug-likeness (QED) is 0.633. The molecule has 0 heterocycles. The van der Waals surface area contributed by atoms with Crippen LogP contribution in [0.5, 0.6) is 5.75 Å². The summed E-state index contributed by atoms with van der Waals surface area (Å²) in [6, 6.07) is 9.58. The summed E-state index contributed by atoms with van der Waals surface area (Å²) in [4.78, 5) is 12.6. The van der Waals surface area contributed by atoms with Gasteiger partial charge in [-0.15, -0.1) is 0 Å². The fourth-order valence-electron chi connectivity index (χ4n) is 2.65. The Kier molecular flexibility index (Phi) is 6.44. The number of amides is 1. The second-order valence-corrected chi connectivity index (χ2v) is 6.93. The van der Waals surface area contributed by atoms with Gasteiger partial charge in [-0.05, 0) is 72.4 Å². The number of carbonyl (C=O) groups excluding carboxylic acids is 1. The van der Waals surface area contributed by atoms with Gasteiger partial charge in [0.15, 0.2) is 0 Å². The van der Waals surface area contributed by atoms with Crippen molar-refractivity contribution in [2.75, 3.05) is 11.9 Å². The highest BCUT2D eigenvalue weighted by atomic mass is 79.9. The van der Waals surface area contributed by atoms with E-state index in [1.54, 1.807) is 12.1 Å². The van der Waals surface area contributed by atoms with E-state index in [0.29, 0.717) is 12.2 Å². The van der Waals surface area contributed by atoms with Gasteiger partial charge in [0.05, 0.1) is 11.1 Å². The second-order valence-electron chi connectivity index (χ2n) is 6.08. The lowest BCUT2D eigenvalue weighted by Gasteiger charge is -2.14. The predicted molar refractivity (Wildman–Crippen MR) is 103 cm³/mol. The van der Waals surface area contributed by atoms with E-state index in [2.05, 4.69) is 47.2 Å². The molecule has 0 spiro atoms. The molecule has 0 unspecified atom stereocenters. The first-order valence-electron chi connectivity index (χ1n) is 8.24. The summed E-state index contributed by atoms with van der Waals surface area (Å²) in [7, 11) is 0. The summed E-state index contributed by atoms with van der Waals surface area (Å²) < 4.78 is 6.50. The molecule has 0 bridgehead atoms. The third-order valence-corrected chi connectivity index (χ3v) is 4.48. The number of nitrogens with one attached hydrogen (secondary N) is 1. The lowest BCUT2D eigenvalue weighted by Crippen LogP contribution is -2.14. The molecule has 4 heteroatoms. The van der Waals surface area contributed by atoms with Crippen LogP contribution in [0.15, 0.2) is 34.8 Å². The normalized spacial score (nSPS) is 10.5. The van der Waals surface area contributed by atoms with Crippen molar-refractivity contribution in [3.63, 3.8) is 0 Å². The summed E-state index contributed by atoms with van der Waals surface area (Å²) >= 11 is 3.49. The van der Waals surface area contributed by atoms with Gasteiger partial charge in [0.2, 0.25) is 0 Å². The zero-order chi connectivity index (χ0) is 17.7. The van der Waals surface area contributed by atoms with Gasteiger partial charge in [0, 0.05) is 11.3 Å². The van der Waals surface area contributed by atoms with Crippen LogP contribution >= 0.6 is 15.9 Å². The van der Waals surface area contributed by atoms with E-state index in [4.69, 9.17) is 4.74 Å². The first-order chi connectivity index (χ1) is 11.4. The number of ether oxygens (including phenoxy) is 1. The average Bonchev–Trinajstić information content (AvgIpc) is 2.52. The van der Waals surface area contributed by atoms with Crippen molar-refractivity contribution in [3.8, 4) is 5.75 Å². The molecule has 0 aliphatic carbocycles. The molecular formula is C20H24BrNO2. The maximum absolute atomic E-state index is 12.6. The number of hydrogen-bond donors (Lipinski definition) is 1. The highest BCUT2D eigenvalue weighted by molar-refractivity contribution is 9.10. The molecule has 0 radical (unpaired) electrons. The van der Waals surface area contributed by atoms with Gasteiger partial charge >= 0.3 is 0 Å². The maximum atomic E-state index is 12.6. The number of anilines is 1. The van der Waals surface area contributed by atoms with Crippen LogP contribution in [0.3, 0.4) is 0 Å². The van der Waals surface area contributed by atoms with Gasteiger partial charge in [-0.25, -0.2) is 0 Å². The summed E-state index contributed by atoms with van der Waals surface area (Å²) in [5, 5.41) is 3.02. The third kappa shape index (κ3) is 4.60. The number of carbonyl (C=O) groups is 1. The largest absolute Gasteiger partial charge is 0.492 e. The Morgan fingerprint density at radius 2 is 1.79 bits per heavy atom. The van der Waals surface area contributed by atoms with E-state index in [0.717, 1.165) is 39.9 Å². The molecule has 1 N–H and O–H groups in total. The van der Waals surface area contributed by atoms with Crippen molar-refractivity contribution in [2.45, 2.75) is 40.5 Å². The van der Waals surface area contributed by atoms with Gasteiger partial charge in [0.1, 0.15) is 5.75 Å². The van der Waals surface area contributed by atoms with Gasteiger partial charge in [0.25, 0.3) is 5.91 Å². The smallest absolute Gasteiger partial charge is 0.255 e. The number of unbranched alkanes of at least 4 members (excludes halogenated alkanes) is 1. The number of halogens is 1. The van der Waals surface area contributed by atoms with Crippen LogP contribution in [0, 0.1) is 20.8 Å². The van der Waals surface area contributed by atoms with E-state index in [9.17, 15) is 4.79 Å². The zero-order valence-corrected chi connectivity index (χ0v) is 16.3. The summed E-state index contributed by atoms with van der Waals surface area (Å²) in [5.41, 5.74) is 4.81. The van der Waals surface area contributed by atoms with Crippen LogP contribution in [0.1, 0.15) is 46.8 Å². The molecule has 128 valence electrons. The standard InChI is InChI=1S/C20H24BrNO2/c1-5-6-9-24-18-8-7-16(12-17(18)21)20(23)22-19-14(3)10-13(2)11-15(19)4/h7-8,10-12H,5-6,9H2,1-4H3,(H,22,23). The van der Waals surface area contributed by atoms with E-state index < -0.39 is 0 Å². The van der Waals surface area contributed by atoms with Crippen LogP contribution in [0.2, 0.25) is 0 Å². The minimum absolute atomic E-state index is 0.120. The topological polar surface area (TPSA) is 38.3 Å². The van der Waals surface area contributed by atoms with Crippen molar-refractivity contribution in [1.29, 1.82) is 0 Å². The molecule has 0 saturated carbocycles. The third-order valence-electron chi connectivity index (χ3n) is 3.87. The summed E-state index contributed by atoms with van der Waals surface area (Å²) in [6.07, 6.45) is 2.11. The molecule has 24 heavy (non-hydrogen) atoms. The lowest BCUT2D eigenvalue weighted by molar-refractivity contribution is 0.102.